The van der Waals surface area contributed by atoms with Gasteiger partial charge in [-0.1, -0.05) is 23.7 Å². The van der Waals surface area contributed by atoms with E-state index in [-0.39, 0.29) is 6.10 Å². The summed E-state index contributed by atoms with van der Waals surface area (Å²) in [6, 6.07) is 7.36. The van der Waals surface area contributed by atoms with E-state index < -0.39 is 8.25 Å². The van der Waals surface area contributed by atoms with E-state index >= 15 is 0 Å². The second kappa shape index (κ2) is 4.45. The number of rotatable bonds is 1. The number of hydrogen-bond acceptors (Lipinski definition) is 3. The largest absolute Gasteiger partial charge is 0.319 e. The average Bonchev–Trinajstić information content (AvgIpc) is 2.19. The molecule has 1 fully saturated rings. The molecule has 5 heteroatoms. The van der Waals surface area contributed by atoms with Gasteiger partial charge in [0.2, 0.25) is 0 Å². The molecule has 1 aromatic rings. The first-order chi connectivity index (χ1) is 6.75. The first-order valence-electron chi connectivity index (χ1n) is 4.34. The van der Waals surface area contributed by atoms with Gasteiger partial charge in [-0.2, -0.15) is 0 Å². The van der Waals surface area contributed by atoms with Crippen molar-refractivity contribution in [2.45, 2.75) is 12.5 Å². The first-order valence-corrected chi connectivity index (χ1v) is 5.95. The van der Waals surface area contributed by atoms with Crippen LogP contribution < -0.4 is 0 Å². The summed E-state index contributed by atoms with van der Waals surface area (Å²) in [5.74, 6) is 0. The van der Waals surface area contributed by atoms with Gasteiger partial charge in [-0.15, -0.1) is 0 Å². The van der Waals surface area contributed by atoms with Crippen LogP contribution in [0.4, 0.5) is 0 Å². The Bertz CT molecular complexity index is 338. The smallest absolute Gasteiger partial charge is 0.311 e. The lowest BCUT2D eigenvalue weighted by molar-refractivity contribution is 0.0968. The maximum atomic E-state index is 11.0. The third-order valence-electron chi connectivity index (χ3n) is 2.08. The van der Waals surface area contributed by atoms with Crippen molar-refractivity contribution in [3.05, 3.63) is 34.9 Å². The summed E-state index contributed by atoms with van der Waals surface area (Å²) < 4.78 is 21.1. The normalized spacial score (nSPS) is 27.5. The molecule has 0 radical (unpaired) electrons. The van der Waals surface area contributed by atoms with Crippen molar-refractivity contribution in [2.75, 3.05) is 6.61 Å². The van der Waals surface area contributed by atoms with E-state index in [1.54, 1.807) is 12.1 Å². The van der Waals surface area contributed by atoms with Gasteiger partial charge in [0.1, 0.15) is 0 Å². The van der Waals surface area contributed by atoms with Gasteiger partial charge in [-0.05, 0) is 17.7 Å². The monoisotopic (exact) mass is 232 g/mol. The van der Waals surface area contributed by atoms with Crippen molar-refractivity contribution in [1.29, 1.82) is 0 Å². The van der Waals surface area contributed by atoms with Gasteiger partial charge in [0, 0.05) is 11.4 Å². The topological polar surface area (TPSA) is 35.5 Å². The zero-order chi connectivity index (χ0) is 9.97. The highest BCUT2D eigenvalue weighted by Crippen LogP contribution is 2.39. The van der Waals surface area contributed by atoms with Gasteiger partial charge in [0.15, 0.2) is 0 Å². The molecule has 76 valence electrons. The molecule has 0 aromatic heterocycles. The van der Waals surface area contributed by atoms with E-state index in [9.17, 15) is 4.57 Å². The quantitative estimate of drug-likeness (QED) is 0.698. The molecule has 1 saturated heterocycles. The van der Waals surface area contributed by atoms with Crippen LogP contribution in [0.15, 0.2) is 24.3 Å². The highest BCUT2D eigenvalue weighted by Gasteiger charge is 2.20. The van der Waals surface area contributed by atoms with Crippen LogP contribution in [0, 0.1) is 0 Å². The standard InChI is InChI=1S/C9H10ClO3P/c10-8-3-1-7(2-4-8)9-5-6-12-14(11)13-9/h1-4,9,14H,5-6H2/t9-/m0/s1. The molecule has 0 spiro atoms. The summed E-state index contributed by atoms with van der Waals surface area (Å²) in [7, 11) is -2.28. The number of halogens is 1. The predicted octanol–water partition coefficient (Wildman–Crippen LogP) is 3.21. The van der Waals surface area contributed by atoms with Crippen LogP contribution in [0.1, 0.15) is 18.1 Å². The molecular weight excluding hydrogens is 223 g/mol. The Morgan fingerprint density at radius 2 is 2.07 bits per heavy atom. The van der Waals surface area contributed by atoms with Gasteiger partial charge in [-0.25, -0.2) is 0 Å². The summed E-state index contributed by atoms with van der Waals surface area (Å²) in [4.78, 5) is 0. The van der Waals surface area contributed by atoms with Crippen LogP contribution in [0.25, 0.3) is 0 Å². The van der Waals surface area contributed by atoms with E-state index in [0.717, 1.165) is 12.0 Å². The summed E-state index contributed by atoms with van der Waals surface area (Å²) in [5.41, 5.74) is 0.996. The molecule has 1 aliphatic rings. The highest BCUT2D eigenvalue weighted by atomic mass is 35.5. The van der Waals surface area contributed by atoms with E-state index in [2.05, 4.69) is 0 Å². The molecule has 2 atom stereocenters. The van der Waals surface area contributed by atoms with Gasteiger partial charge in [0.05, 0.1) is 12.7 Å². The molecule has 3 nitrogen and oxygen atoms in total. The predicted molar refractivity (Wildman–Crippen MR) is 54.8 cm³/mol. The molecule has 0 saturated carbocycles. The third-order valence-corrected chi connectivity index (χ3v) is 3.25. The minimum atomic E-state index is -2.28. The minimum Gasteiger partial charge on any atom is -0.311 e. The molecule has 1 unspecified atom stereocenters. The van der Waals surface area contributed by atoms with Crippen molar-refractivity contribution in [2.24, 2.45) is 0 Å². The van der Waals surface area contributed by atoms with Gasteiger partial charge >= 0.3 is 8.25 Å². The highest BCUT2D eigenvalue weighted by molar-refractivity contribution is 7.33. The van der Waals surface area contributed by atoms with Crippen molar-refractivity contribution in [1.82, 2.24) is 0 Å². The molecule has 0 aliphatic carbocycles. The van der Waals surface area contributed by atoms with Crippen LogP contribution in [-0.4, -0.2) is 6.61 Å². The van der Waals surface area contributed by atoms with E-state index in [1.165, 1.54) is 0 Å². The third kappa shape index (κ3) is 2.37. The summed E-state index contributed by atoms with van der Waals surface area (Å²) >= 11 is 5.76. The lowest BCUT2D eigenvalue weighted by Crippen LogP contribution is -2.08. The number of hydrogen-bond donors (Lipinski definition) is 0. The molecule has 1 aromatic carbocycles. The van der Waals surface area contributed by atoms with Crippen LogP contribution in [0.3, 0.4) is 0 Å². The molecule has 0 bridgehead atoms. The summed E-state index contributed by atoms with van der Waals surface area (Å²) in [6.45, 7) is 0.491. The Labute approximate surface area is 87.9 Å². The summed E-state index contributed by atoms with van der Waals surface area (Å²) in [6.07, 6.45) is 0.616. The lowest BCUT2D eigenvalue weighted by Gasteiger charge is -2.22. The fourth-order valence-electron chi connectivity index (χ4n) is 1.37. The second-order valence-electron chi connectivity index (χ2n) is 3.05. The van der Waals surface area contributed by atoms with Gasteiger partial charge in [0.25, 0.3) is 0 Å². The number of benzene rings is 1. The van der Waals surface area contributed by atoms with Crippen molar-refractivity contribution >= 4 is 19.9 Å². The minimum absolute atomic E-state index is 0.118. The van der Waals surface area contributed by atoms with Crippen LogP contribution in [-0.2, 0) is 13.6 Å². The molecule has 1 heterocycles. The molecule has 14 heavy (non-hydrogen) atoms. The van der Waals surface area contributed by atoms with Crippen molar-refractivity contribution < 1.29 is 13.6 Å². The average molecular weight is 233 g/mol. The van der Waals surface area contributed by atoms with E-state index in [1.807, 2.05) is 12.1 Å². The Morgan fingerprint density at radius 3 is 2.71 bits per heavy atom. The molecule has 1 aliphatic heterocycles. The SMILES string of the molecule is O=[PH]1OCC[C@@H](c2ccc(Cl)cc2)O1. The lowest BCUT2D eigenvalue weighted by atomic mass is 10.1. The van der Waals surface area contributed by atoms with E-state index in [4.69, 9.17) is 20.6 Å². The Morgan fingerprint density at radius 1 is 1.36 bits per heavy atom. The van der Waals surface area contributed by atoms with Crippen LogP contribution in [0.5, 0.6) is 0 Å². The molecule has 2 rings (SSSR count). The Balaban J connectivity index is 2.14. The molecular formula is C9H10ClO3P. The zero-order valence-electron chi connectivity index (χ0n) is 7.40. The van der Waals surface area contributed by atoms with Crippen LogP contribution in [0.2, 0.25) is 5.02 Å². The maximum absolute atomic E-state index is 11.0. The van der Waals surface area contributed by atoms with E-state index in [0.29, 0.717) is 11.6 Å². The molecule has 0 N–H and O–H groups in total. The van der Waals surface area contributed by atoms with Gasteiger partial charge < -0.3 is 9.05 Å². The van der Waals surface area contributed by atoms with Gasteiger partial charge in [-0.3, -0.25) is 4.57 Å². The Kier molecular flexibility index (Phi) is 3.24. The zero-order valence-corrected chi connectivity index (χ0v) is 9.16. The molecule has 0 amide bonds. The van der Waals surface area contributed by atoms with Crippen LogP contribution >= 0.6 is 19.9 Å². The fraction of sp³-hybridized carbons (Fsp3) is 0.333. The summed E-state index contributed by atoms with van der Waals surface area (Å²) in [5, 5.41) is 0.688. The maximum Gasteiger partial charge on any atom is 0.319 e. The fourth-order valence-corrected chi connectivity index (χ4v) is 2.34. The van der Waals surface area contributed by atoms with Crippen molar-refractivity contribution in [3.8, 4) is 0 Å². The second-order valence-corrected chi connectivity index (χ2v) is 4.51. The first kappa shape index (κ1) is 10.2. The Hall–Kier alpha value is -0.340. The van der Waals surface area contributed by atoms with Crippen molar-refractivity contribution in [3.63, 3.8) is 0 Å².